The molecule has 1 heterocycles. The first kappa shape index (κ1) is 12.7. The first-order valence-corrected chi connectivity index (χ1v) is 5.67. The first-order valence-electron chi connectivity index (χ1n) is 5.67. The van der Waals surface area contributed by atoms with Gasteiger partial charge in [-0.2, -0.15) is 0 Å². The molecule has 0 aromatic heterocycles. The largest absolute Gasteiger partial charge is 0.488 e. The van der Waals surface area contributed by atoms with Crippen molar-refractivity contribution in [3.05, 3.63) is 46.5 Å². The van der Waals surface area contributed by atoms with Gasteiger partial charge in [0, 0.05) is 11.8 Å². The number of fused-ring (bicyclic) bond motifs is 2. The Balaban J connectivity index is 0.00000120. The number of carbonyl (C=O) groups is 1. The van der Waals surface area contributed by atoms with E-state index in [4.69, 9.17) is 10.5 Å². The third-order valence-corrected chi connectivity index (χ3v) is 3.27. The maximum absolute atomic E-state index is 11.1. The molecule has 0 saturated heterocycles. The summed E-state index contributed by atoms with van der Waals surface area (Å²) < 4.78 is 5.36. The van der Waals surface area contributed by atoms with Crippen LogP contribution in [0, 0.1) is 11.8 Å². The van der Waals surface area contributed by atoms with E-state index in [1.165, 1.54) is 10.4 Å². The molecule has 0 saturated carbocycles. The van der Waals surface area contributed by atoms with Gasteiger partial charge in [-0.3, -0.25) is 4.79 Å². The molecule has 2 atom stereocenters. The maximum Gasteiger partial charge on any atom is 0.283 e. The van der Waals surface area contributed by atoms with Gasteiger partial charge in [-0.05, 0) is 16.5 Å². The highest BCUT2D eigenvalue weighted by Crippen LogP contribution is 2.26. The molecule has 0 radical (unpaired) electrons. The van der Waals surface area contributed by atoms with E-state index in [1.807, 2.05) is 18.2 Å². The van der Waals surface area contributed by atoms with Crippen molar-refractivity contribution in [2.45, 2.75) is 0 Å². The molecule has 2 aliphatic rings. The predicted octanol–water partition coefficient (Wildman–Crippen LogP) is 0.315. The van der Waals surface area contributed by atoms with Crippen molar-refractivity contribution >= 4 is 30.5 Å². The first-order chi connectivity index (χ1) is 8.24. The molecule has 2 unspecified atom stereocenters. The van der Waals surface area contributed by atoms with Gasteiger partial charge in [0.2, 0.25) is 0 Å². The number of primary amides is 1. The number of nitrogens with two attached hydrogens (primary N) is 1. The van der Waals surface area contributed by atoms with Crippen LogP contribution in [0.4, 0.5) is 0 Å². The summed E-state index contributed by atoms with van der Waals surface area (Å²) in [5, 5.41) is 2.43. The van der Waals surface area contributed by atoms with E-state index in [0.29, 0.717) is 12.5 Å². The van der Waals surface area contributed by atoms with Gasteiger partial charge in [-0.15, -0.1) is 12.4 Å². The molecule has 0 bridgehead atoms. The molecule has 0 fully saturated rings. The minimum Gasteiger partial charge on any atom is -0.488 e. The molecule has 3 rings (SSSR count). The minimum absolute atomic E-state index is 0. The van der Waals surface area contributed by atoms with E-state index >= 15 is 0 Å². The van der Waals surface area contributed by atoms with Crippen molar-refractivity contribution in [1.29, 1.82) is 0 Å². The number of allylic oxidation sites excluding steroid dienone is 1. The molecular formula is C14H14ClNO2. The lowest BCUT2D eigenvalue weighted by Crippen LogP contribution is -2.36. The van der Waals surface area contributed by atoms with Gasteiger partial charge in [0.1, 0.15) is 0 Å². The number of carbonyl (C=O) groups excluding carboxylic acids is 1. The van der Waals surface area contributed by atoms with Crippen molar-refractivity contribution in [3.8, 4) is 0 Å². The molecule has 1 amide bonds. The topological polar surface area (TPSA) is 52.3 Å². The lowest BCUT2D eigenvalue weighted by atomic mass is 9.85. The van der Waals surface area contributed by atoms with Crippen LogP contribution >= 0.6 is 12.4 Å². The average molecular weight is 264 g/mol. The van der Waals surface area contributed by atoms with Crippen molar-refractivity contribution in [2.24, 2.45) is 17.6 Å². The lowest BCUT2D eigenvalue weighted by Gasteiger charge is -2.27. The Morgan fingerprint density at radius 3 is 2.50 bits per heavy atom. The Bertz CT molecular complexity index is 621. The third kappa shape index (κ3) is 2.14. The van der Waals surface area contributed by atoms with E-state index in [1.54, 1.807) is 0 Å². The van der Waals surface area contributed by atoms with Gasteiger partial charge >= 0.3 is 0 Å². The highest BCUT2D eigenvalue weighted by Gasteiger charge is 2.26. The molecule has 4 heteroatoms. The monoisotopic (exact) mass is 263 g/mol. The number of hydrogen-bond acceptors (Lipinski definition) is 2. The van der Waals surface area contributed by atoms with Crippen molar-refractivity contribution in [1.82, 2.24) is 0 Å². The molecule has 3 nitrogen and oxygen atoms in total. The number of amides is 1. The Morgan fingerprint density at radius 2 is 1.83 bits per heavy atom. The summed E-state index contributed by atoms with van der Waals surface area (Å²) in [5.41, 5.74) is 5.23. The van der Waals surface area contributed by atoms with Gasteiger partial charge in [0.25, 0.3) is 5.91 Å². The zero-order valence-corrected chi connectivity index (χ0v) is 10.5. The maximum atomic E-state index is 11.1. The Kier molecular flexibility index (Phi) is 3.43. The van der Waals surface area contributed by atoms with E-state index in [0.717, 1.165) is 0 Å². The molecule has 1 aliphatic heterocycles. The van der Waals surface area contributed by atoms with Gasteiger partial charge in [0.05, 0.1) is 6.61 Å². The van der Waals surface area contributed by atoms with Gasteiger partial charge in [-0.25, -0.2) is 0 Å². The predicted molar refractivity (Wildman–Crippen MR) is 72.1 cm³/mol. The molecule has 2 N–H and O–H groups in total. The zero-order valence-electron chi connectivity index (χ0n) is 9.71. The van der Waals surface area contributed by atoms with Crippen LogP contribution in [0.25, 0.3) is 12.2 Å². The molecule has 1 aliphatic carbocycles. The molecule has 0 spiro atoms. The average Bonchev–Trinajstić information content (AvgIpc) is 2.35. The van der Waals surface area contributed by atoms with Crippen LogP contribution in [0.2, 0.25) is 0 Å². The van der Waals surface area contributed by atoms with Crippen LogP contribution in [0.15, 0.2) is 36.1 Å². The van der Waals surface area contributed by atoms with Crippen LogP contribution in [0.3, 0.4) is 0 Å². The molecule has 1 aromatic rings. The van der Waals surface area contributed by atoms with E-state index in [2.05, 4.69) is 24.3 Å². The third-order valence-electron chi connectivity index (χ3n) is 3.27. The minimum atomic E-state index is -0.490. The molecule has 18 heavy (non-hydrogen) atoms. The highest BCUT2D eigenvalue weighted by molar-refractivity contribution is 5.90. The number of benzene rings is 1. The summed E-state index contributed by atoms with van der Waals surface area (Å²) in [4.78, 5) is 11.1. The standard InChI is InChI=1S/C14H13NO2.ClH/c15-14(16)13-7-11-5-9-3-1-2-4-10(9)6-12(11)8-17-13;/h1-7,11-12H,8H2,(H2,15,16);1H. The second-order valence-corrected chi connectivity index (χ2v) is 4.41. The highest BCUT2D eigenvalue weighted by atomic mass is 35.5. The fourth-order valence-corrected chi connectivity index (χ4v) is 2.38. The zero-order chi connectivity index (χ0) is 11.8. The van der Waals surface area contributed by atoms with Crippen molar-refractivity contribution in [3.63, 3.8) is 0 Å². The van der Waals surface area contributed by atoms with E-state index in [-0.39, 0.29) is 24.1 Å². The Labute approximate surface area is 111 Å². The molecule has 1 aromatic carbocycles. The quantitative estimate of drug-likeness (QED) is 0.793. The second-order valence-electron chi connectivity index (χ2n) is 4.41. The van der Waals surface area contributed by atoms with Crippen LogP contribution in [0.5, 0.6) is 0 Å². The number of rotatable bonds is 1. The molecule has 94 valence electrons. The summed E-state index contributed by atoms with van der Waals surface area (Å²) in [7, 11) is 0. The summed E-state index contributed by atoms with van der Waals surface area (Å²) >= 11 is 0. The normalized spacial score (nSPS) is 23.9. The van der Waals surface area contributed by atoms with Crippen molar-refractivity contribution in [2.75, 3.05) is 6.61 Å². The number of ether oxygens (including phenoxy) is 1. The van der Waals surface area contributed by atoms with E-state index < -0.39 is 5.91 Å². The summed E-state index contributed by atoms with van der Waals surface area (Å²) in [5.74, 6) is 0.306. The van der Waals surface area contributed by atoms with E-state index in [9.17, 15) is 4.79 Å². The van der Waals surface area contributed by atoms with Crippen LogP contribution in [-0.4, -0.2) is 12.5 Å². The van der Waals surface area contributed by atoms with Crippen molar-refractivity contribution < 1.29 is 9.53 Å². The van der Waals surface area contributed by atoms with Gasteiger partial charge < -0.3 is 10.5 Å². The summed E-state index contributed by atoms with van der Waals surface area (Å²) in [6.45, 7) is 0.518. The van der Waals surface area contributed by atoms with Gasteiger partial charge in [-0.1, -0.05) is 36.4 Å². The fourth-order valence-electron chi connectivity index (χ4n) is 2.38. The SMILES string of the molecule is Cl.NC(=O)C1=CC2C=c3ccccc3=CC2CO1. The van der Waals surface area contributed by atoms with Crippen LogP contribution < -0.4 is 16.2 Å². The lowest BCUT2D eigenvalue weighted by molar-refractivity contribution is -0.118. The summed E-state index contributed by atoms with van der Waals surface area (Å²) in [6.07, 6.45) is 6.20. The fraction of sp³-hybridized carbons (Fsp3) is 0.214. The molecular weight excluding hydrogens is 250 g/mol. The van der Waals surface area contributed by atoms with Gasteiger partial charge in [0.15, 0.2) is 5.76 Å². The smallest absolute Gasteiger partial charge is 0.283 e. The number of hydrogen-bond donors (Lipinski definition) is 1. The number of halogens is 1. The Hall–Kier alpha value is -1.74. The Morgan fingerprint density at radius 1 is 1.17 bits per heavy atom. The summed E-state index contributed by atoms with van der Waals surface area (Å²) in [6, 6.07) is 8.21. The second kappa shape index (κ2) is 4.86. The van der Waals surface area contributed by atoms with Crippen LogP contribution in [0.1, 0.15) is 0 Å². The van der Waals surface area contributed by atoms with Crippen LogP contribution in [-0.2, 0) is 9.53 Å².